The van der Waals surface area contributed by atoms with Gasteiger partial charge in [0.15, 0.2) is 0 Å². The Morgan fingerprint density at radius 2 is 2.09 bits per heavy atom. The minimum absolute atomic E-state index is 0.592. The molecule has 0 amide bonds. The van der Waals surface area contributed by atoms with Crippen LogP contribution in [0.15, 0.2) is 53.1 Å². The molecule has 2 aromatic carbocycles. The van der Waals surface area contributed by atoms with Gasteiger partial charge in [-0.05, 0) is 30.3 Å². The molecule has 3 rings (SSSR count). The van der Waals surface area contributed by atoms with Gasteiger partial charge in [-0.3, -0.25) is 0 Å². The number of fused-ring (bicyclic) bond motifs is 1. The highest BCUT2D eigenvalue weighted by Gasteiger charge is 2.10. The number of rotatable bonds is 3. The third-order valence-electron chi connectivity index (χ3n) is 3.49. The zero-order chi connectivity index (χ0) is 15.5. The van der Waals surface area contributed by atoms with Gasteiger partial charge in [0, 0.05) is 32.7 Å². The fourth-order valence-corrected chi connectivity index (χ4v) is 2.79. The summed E-state index contributed by atoms with van der Waals surface area (Å²) in [5.41, 5.74) is 3.35. The second-order valence-electron chi connectivity index (χ2n) is 4.80. The lowest BCUT2D eigenvalue weighted by Crippen LogP contribution is -1.87. The van der Waals surface area contributed by atoms with Crippen LogP contribution in [0.2, 0.25) is 0 Å². The molecular formula is C18H13BrN2O. The number of halogens is 1. The van der Waals surface area contributed by atoms with E-state index in [9.17, 15) is 5.26 Å². The second-order valence-corrected chi connectivity index (χ2v) is 5.72. The van der Waals surface area contributed by atoms with Crippen LogP contribution in [0.4, 0.5) is 0 Å². The number of allylic oxidation sites excluding steroid dienone is 1. The molecule has 0 aliphatic rings. The first-order chi connectivity index (χ1) is 10.7. The van der Waals surface area contributed by atoms with Crippen LogP contribution in [-0.4, -0.2) is 12.1 Å². The molecule has 108 valence electrons. The first-order valence-electron chi connectivity index (χ1n) is 6.75. The Labute approximate surface area is 137 Å². The van der Waals surface area contributed by atoms with Gasteiger partial charge in [-0.25, -0.2) is 0 Å². The number of H-pyrrole nitrogens is 1. The van der Waals surface area contributed by atoms with E-state index in [0.717, 1.165) is 32.3 Å². The average Bonchev–Trinajstić information content (AvgIpc) is 2.95. The normalized spacial score (nSPS) is 11.4. The van der Waals surface area contributed by atoms with E-state index >= 15 is 0 Å². The summed E-state index contributed by atoms with van der Waals surface area (Å²) < 4.78 is 6.33. The van der Waals surface area contributed by atoms with Crippen LogP contribution in [0.25, 0.3) is 22.6 Å². The van der Waals surface area contributed by atoms with Crippen molar-refractivity contribution in [2.75, 3.05) is 7.11 Å². The van der Waals surface area contributed by atoms with Gasteiger partial charge < -0.3 is 9.72 Å². The second kappa shape index (κ2) is 6.08. The van der Waals surface area contributed by atoms with Crippen LogP contribution in [-0.2, 0) is 0 Å². The van der Waals surface area contributed by atoms with E-state index in [1.165, 1.54) is 0 Å². The van der Waals surface area contributed by atoms with Crippen molar-refractivity contribution in [3.8, 4) is 11.8 Å². The molecule has 0 aliphatic heterocycles. The van der Waals surface area contributed by atoms with Gasteiger partial charge in [0.1, 0.15) is 5.75 Å². The number of nitriles is 1. The molecule has 1 aromatic heterocycles. The molecule has 1 N–H and O–H groups in total. The number of ether oxygens (including phenoxy) is 1. The highest BCUT2D eigenvalue weighted by molar-refractivity contribution is 9.10. The van der Waals surface area contributed by atoms with E-state index < -0.39 is 0 Å². The molecule has 0 radical (unpaired) electrons. The molecule has 1 heterocycles. The van der Waals surface area contributed by atoms with Crippen molar-refractivity contribution in [1.82, 2.24) is 4.98 Å². The summed E-state index contributed by atoms with van der Waals surface area (Å²) >= 11 is 3.48. The van der Waals surface area contributed by atoms with E-state index in [1.54, 1.807) is 7.11 Å². The van der Waals surface area contributed by atoms with Crippen LogP contribution < -0.4 is 4.74 Å². The quantitative estimate of drug-likeness (QED) is 0.674. The number of nitrogens with zero attached hydrogens (tertiary/aromatic N) is 1. The Morgan fingerprint density at radius 3 is 2.86 bits per heavy atom. The molecule has 4 heteroatoms. The van der Waals surface area contributed by atoms with E-state index in [-0.39, 0.29) is 0 Å². The minimum atomic E-state index is 0.592. The minimum Gasteiger partial charge on any atom is -0.496 e. The summed E-state index contributed by atoms with van der Waals surface area (Å²) in [4.78, 5) is 3.20. The number of benzene rings is 2. The smallest absolute Gasteiger partial charge is 0.126 e. The molecule has 0 bridgehead atoms. The standard InChI is InChI=1S/C18H13BrN2O/c1-22-18-5-3-2-4-12(18)8-13(10-20)16-11-21-17-7-6-14(19)9-15(16)17/h2-9,11,21H,1H3. The van der Waals surface area contributed by atoms with Gasteiger partial charge in [0.05, 0.1) is 18.8 Å². The van der Waals surface area contributed by atoms with Crippen molar-refractivity contribution in [1.29, 1.82) is 5.26 Å². The number of hydrogen-bond acceptors (Lipinski definition) is 2. The molecule has 0 saturated carbocycles. The lowest BCUT2D eigenvalue weighted by molar-refractivity contribution is 0.414. The van der Waals surface area contributed by atoms with Crippen LogP contribution in [0.5, 0.6) is 5.75 Å². The molecular weight excluding hydrogens is 340 g/mol. The van der Waals surface area contributed by atoms with Gasteiger partial charge in [-0.1, -0.05) is 34.1 Å². The van der Waals surface area contributed by atoms with Crippen LogP contribution in [0.1, 0.15) is 11.1 Å². The third kappa shape index (κ3) is 2.63. The molecule has 0 aliphatic carbocycles. The van der Waals surface area contributed by atoms with Crippen LogP contribution >= 0.6 is 15.9 Å². The number of nitrogens with one attached hydrogen (secondary N) is 1. The summed E-state index contributed by atoms with van der Waals surface area (Å²) in [6, 6.07) is 15.9. The first kappa shape index (κ1) is 14.4. The molecule has 0 unspecified atom stereocenters. The van der Waals surface area contributed by atoms with Gasteiger partial charge >= 0.3 is 0 Å². The zero-order valence-electron chi connectivity index (χ0n) is 11.9. The first-order valence-corrected chi connectivity index (χ1v) is 7.54. The average molecular weight is 353 g/mol. The maximum atomic E-state index is 9.57. The molecule has 0 fully saturated rings. The lowest BCUT2D eigenvalue weighted by atomic mass is 10.0. The summed E-state index contributed by atoms with van der Waals surface area (Å²) in [5.74, 6) is 0.747. The van der Waals surface area contributed by atoms with E-state index in [2.05, 4.69) is 27.0 Å². The molecule has 3 aromatic rings. The summed E-state index contributed by atoms with van der Waals surface area (Å²) in [5, 5.41) is 10.6. The van der Waals surface area contributed by atoms with Crippen molar-refractivity contribution in [3.63, 3.8) is 0 Å². The van der Waals surface area contributed by atoms with Crippen LogP contribution in [0, 0.1) is 11.3 Å². The lowest BCUT2D eigenvalue weighted by Gasteiger charge is -2.05. The monoisotopic (exact) mass is 352 g/mol. The summed E-state index contributed by atoms with van der Waals surface area (Å²) in [6.07, 6.45) is 3.71. The van der Waals surface area contributed by atoms with Gasteiger partial charge in [-0.2, -0.15) is 5.26 Å². The SMILES string of the molecule is COc1ccccc1C=C(C#N)c1c[nH]c2ccc(Br)cc12. The van der Waals surface area contributed by atoms with Crippen molar-refractivity contribution in [2.45, 2.75) is 0 Å². The fraction of sp³-hybridized carbons (Fsp3) is 0.0556. The number of methoxy groups -OCH3 is 1. The Kier molecular flexibility index (Phi) is 3.99. The summed E-state index contributed by atoms with van der Waals surface area (Å²) in [7, 11) is 1.63. The maximum Gasteiger partial charge on any atom is 0.126 e. The number of hydrogen-bond donors (Lipinski definition) is 1. The number of aromatic amines is 1. The van der Waals surface area contributed by atoms with Crippen molar-refractivity contribution < 1.29 is 4.74 Å². The Morgan fingerprint density at radius 1 is 1.27 bits per heavy atom. The predicted molar refractivity (Wildman–Crippen MR) is 92.5 cm³/mol. The number of aromatic nitrogens is 1. The van der Waals surface area contributed by atoms with E-state index in [0.29, 0.717) is 5.57 Å². The Bertz CT molecular complexity index is 903. The highest BCUT2D eigenvalue weighted by Crippen LogP contribution is 2.30. The summed E-state index contributed by atoms with van der Waals surface area (Å²) in [6.45, 7) is 0. The molecule has 0 spiro atoms. The predicted octanol–water partition coefficient (Wildman–Crippen LogP) is 5.00. The third-order valence-corrected chi connectivity index (χ3v) is 3.99. The fourth-order valence-electron chi connectivity index (χ4n) is 2.43. The van der Waals surface area contributed by atoms with E-state index in [4.69, 9.17) is 4.74 Å². The van der Waals surface area contributed by atoms with Crippen molar-refractivity contribution >= 4 is 38.5 Å². The highest BCUT2D eigenvalue weighted by atomic mass is 79.9. The Balaban J connectivity index is 2.16. The maximum absolute atomic E-state index is 9.57. The van der Waals surface area contributed by atoms with E-state index in [1.807, 2.05) is 54.7 Å². The largest absolute Gasteiger partial charge is 0.496 e. The van der Waals surface area contributed by atoms with Crippen LogP contribution in [0.3, 0.4) is 0 Å². The van der Waals surface area contributed by atoms with Crippen molar-refractivity contribution in [2.24, 2.45) is 0 Å². The van der Waals surface area contributed by atoms with Gasteiger partial charge in [0.2, 0.25) is 0 Å². The van der Waals surface area contributed by atoms with Gasteiger partial charge in [-0.15, -0.1) is 0 Å². The molecule has 3 nitrogen and oxygen atoms in total. The molecule has 22 heavy (non-hydrogen) atoms. The number of para-hydroxylation sites is 1. The zero-order valence-corrected chi connectivity index (χ0v) is 13.5. The van der Waals surface area contributed by atoms with Crippen molar-refractivity contribution in [3.05, 3.63) is 64.3 Å². The Hall–Kier alpha value is -2.51. The topological polar surface area (TPSA) is 48.8 Å². The molecule has 0 saturated heterocycles. The van der Waals surface area contributed by atoms with Gasteiger partial charge in [0.25, 0.3) is 0 Å². The molecule has 0 atom stereocenters.